The molecule has 4 nitrogen and oxygen atoms in total. The van der Waals surface area contributed by atoms with E-state index < -0.39 is 16.1 Å². The van der Waals surface area contributed by atoms with Crippen molar-refractivity contribution in [3.63, 3.8) is 0 Å². The molecular weight excluding hydrogens is 178 g/mol. The highest BCUT2D eigenvalue weighted by Crippen LogP contribution is 2.16. The summed E-state index contributed by atoms with van der Waals surface area (Å²) in [6, 6.07) is -0.282. The summed E-state index contributed by atoms with van der Waals surface area (Å²) in [4.78, 5) is 0. The molecule has 0 aromatic rings. The van der Waals surface area contributed by atoms with Gasteiger partial charge in [0.15, 0.2) is 0 Å². The molecule has 1 heterocycles. The van der Waals surface area contributed by atoms with E-state index >= 15 is 0 Å². The Labute approximate surface area is 73.0 Å². The van der Waals surface area contributed by atoms with Crippen LogP contribution >= 0.6 is 0 Å². The molecule has 0 unspecified atom stereocenters. The lowest BCUT2D eigenvalue weighted by atomic mass is 10.0. The Morgan fingerprint density at radius 3 is 2.50 bits per heavy atom. The Morgan fingerprint density at radius 1 is 1.58 bits per heavy atom. The van der Waals surface area contributed by atoms with Gasteiger partial charge in [0, 0.05) is 6.04 Å². The summed E-state index contributed by atoms with van der Waals surface area (Å²) in [5.74, 6) is 0.246. The lowest BCUT2D eigenvalue weighted by molar-refractivity contribution is 0.160. The second-order valence-electron chi connectivity index (χ2n) is 3.70. The van der Waals surface area contributed by atoms with Gasteiger partial charge in [-0.2, -0.15) is 0 Å². The number of hydrogen-bond acceptors (Lipinski definition) is 3. The first kappa shape index (κ1) is 9.95. The van der Waals surface area contributed by atoms with Crippen LogP contribution in [-0.4, -0.2) is 31.4 Å². The van der Waals surface area contributed by atoms with Crippen molar-refractivity contribution in [1.82, 2.24) is 4.72 Å². The average molecular weight is 193 g/mol. The molecule has 72 valence electrons. The maximum atomic E-state index is 11.0. The predicted octanol–water partition coefficient (Wildman–Crippen LogP) is -0.305. The fraction of sp³-hybridized carbons (Fsp3) is 1.00. The zero-order valence-corrected chi connectivity index (χ0v) is 8.13. The number of sulfonamides is 1. The van der Waals surface area contributed by atoms with Crippen LogP contribution in [0.1, 0.15) is 20.3 Å². The first-order valence-electron chi connectivity index (χ1n) is 4.09. The van der Waals surface area contributed by atoms with Crippen molar-refractivity contribution in [2.45, 2.75) is 32.4 Å². The molecule has 5 heteroatoms. The van der Waals surface area contributed by atoms with Crippen LogP contribution < -0.4 is 4.72 Å². The van der Waals surface area contributed by atoms with Crippen LogP contribution in [-0.2, 0) is 10.0 Å². The fourth-order valence-corrected chi connectivity index (χ4v) is 2.90. The average Bonchev–Trinajstić information content (AvgIpc) is 2.03. The fourth-order valence-electron chi connectivity index (χ4n) is 1.41. The smallest absolute Gasteiger partial charge is 0.214 e. The highest BCUT2D eigenvalue weighted by atomic mass is 32.2. The molecule has 12 heavy (non-hydrogen) atoms. The molecule has 0 aromatic carbocycles. The van der Waals surface area contributed by atoms with Crippen molar-refractivity contribution in [2.75, 3.05) is 5.75 Å². The first-order chi connectivity index (χ1) is 5.41. The van der Waals surface area contributed by atoms with Gasteiger partial charge in [-0.3, -0.25) is 0 Å². The summed E-state index contributed by atoms with van der Waals surface area (Å²) in [6.07, 6.45) is -0.0437. The minimum Gasteiger partial charge on any atom is -0.390 e. The van der Waals surface area contributed by atoms with E-state index in [1.165, 1.54) is 0 Å². The van der Waals surface area contributed by atoms with E-state index in [1.54, 1.807) is 0 Å². The van der Waals surface area contributed by atoms with Crippen molar-refractivity contribution >= 4 is 10.0 Å². The molecular formula is C7H15NO3S. The molecule has 0 bridgehead atoms. The van der Waals surface area contributed by atoms with Crippen LogP contribution in [0.15, 0.2) is 0 Å². The lowest BCUT2D eigenvalue weighted by Crippen LogP contribution is -2.32. The van der Waals surface area contributed by atoms with Gasteiger partial charge in [-0.25, -0.2) is 13.1 Å². The highest BCUT2D eigenvalue weighted by Gasteiger charge is 2.35. The van der Waals surface area contributed by atoms with E-state index in [9.17, 15) is 13.5 Å². The standard InChI is InChI=1S/C7H15NO3S/c1-5(2)3-6-7(9)4-12(10,11)8-6/h5-9H,3-4H2,1-2H3/t6-,7-/m0/s1. The summed E-state index contributed by atoms with van der Waals surface area (Å²) >= 11 is 0. The molecule has 0 amide bonds. The molecule has 1 rings (SSSR count). The van der Waals surface area contributed by atoms with E-state index in [0.717, 1.165) is 0 Å². The Kier molecular flexibility index (Phi) is 2.75. The van der Waals surface area contributed by atoms with Gasteiger partial charge in [0.1, 0.15) is 0 Å². The Balaban J connectivity index is 2.58. The Hall–Kier alpha value is -0.130. The molecule has 2 N–H and O–H groups in total. The molecule has 0 spiro atoms. The summed E-state index contributed by atoms with van der Waals surface area (Å²) in [5.41, 5.74) is 0. The molecule has 1 fully saturated rings. The van der Waals surface area contributed by atoms with Crippen molar-refractivity contribution in [3.05, 3.63) is 0 Å². The van der Waals surface area contributed by atoms with Gasteiger partial charge in [-0.05, 0) is 12.3 Å². The van der Waals surface area contributed by atoms with Crippen molar-refractivity contribution in [1.29, 1.82) is 0 Å². The van der Waals surface area contributed by atoms with Crippen LogP contribution in [0.5, 0.6) is 0 Å². The second-order valence-corrected chi connectivity index (χ2v) is 5.50. The van der Waals surface area contributed by atoms with Gasteiger partial charge in [0.25, 0.3) is 0 Å². The van der Waals surface area contributed by atoms with Crippen LogP contribution in [0.4, 0.5) is 0 Å². The molecule has 1 saturated heterocycles. The second kappa shape index (κ2) is 3.32. The Bertz CT molecular complexity index is 247. The number of aliphatic hydroxyl groups is 1. The third kappa shape index (κ3) is 2.43. The van der Waals surface area contributed by atoms with Crippen molar-refractivity contribution in [2.24, 2.45) is 5.92 Å². The summed E-state index contributed by atoms with van der Waals surface area (Å²) in [7, 11) is -3.19. The quantitative estimate of drug-likeness (QED) is 0.632. The van der Waals surface area contributed by atoms with Crippen molar-refractivity contribution in [3.8, 4) is 0 Å². The van der Waals surface area contributed by atoms with E-state index in [1.807, 2.05) is 13.8 Å². The van der Waals surface area contributed by atoms with Gasteiger partial charge in [-0.1, -0.05) is 13.8 Å². The third-order valence-corrected chi connectivity index (χ3v) is 3.35. The normalized spacial score (nSPS) is 34.3. The molecule has 0 saturated carbocycles. The number of rotatable bonds is 2. The maximum absolute atomic E-state index is 11.0. The molecule has 1 aliphatic rings. The van der Waals surface area contributed by atoms with Gasteiger partial charge in [0.2, 0.25) is 10.0 Å². The lowest BCUT2D eigenvalue weighted by Gasteiger charge is -2.14. The number of hydrogen-bond donors (Lipinski definition) is 2. The van der Waals surface area contributed by atoms with E-state index in [-0.39, 0.29) is 11.8 Å². The van der Waals surface area contributed by atoms with Crippen LogP contribution in [0.25, 0.3) is 0 Å². The first-order valence-corrected chi connectivity index (χ1v) is 5.74. The predicted molar refractivity (Wildman–Crippen MR) is 46.2 cm³/mol. The minimum absolute atomic E-state index is 0.148. The number of nitrogens with one attached hydrogen (secondary N) is 1. The summed E-state index contributed by atoms with van der Waals surface area (Å²) < 4.78 is 24.4. The molecule has 0 aromatic heterocycles. The third-order valence-electron chi connectivity index (χ3n) is 1.91. The monoisotopic (exact) mass is 193 g/mol. The van der Waals surface area contributed by atoms with Crippen LogP contribution in [0.2, 0.25) is 0 Å². The van der Waals surface area contributed by atoms with E-state index in [4.69, 9.17) is 0 Å². The molecule has 1 aliphatic heterocycles. The zero-order chi connectivity index (χ0) is 9.35. The SMILES string of the molecule is CC(C)C[C@@H]1NS(=O)(=O)C[C@@H]1O. The topological polar surface area (TPSA) is 66.4 Å². The molecule has 2 atom stereocenters. The molecule has 0 radical (unpaired) electrons. The Morgan fingerprint density at radius 2 is 2.17 bits per heavy atom. The van der Waals surface area contributed by atoms with Gasteiger partial charge >= 0.3 is 0 Å². The molecule has 0 aliphatic carbocycles. The van der Waals surface area contributed by atoms with Gasteiger partial charge in [-0.15, -0.1) is 0 Å². The largest absolute Gasteiger partial charge is 0.390 e. The van der Waals surface area contributed by atoms with Crippen LogP contribution in [0.3, 0.4) is 0 Å². The minimum atomic E-state index is -3.19. The van der Waals surface area contributed by atoms with Crippen LogP contribution in [0, 0.1) is 5.92 Å². The zero-order valence-electron chi connectivity index (χ0n) is 7.32. The summed E-state index contributed by atoms with van der Waals surface area (Å²) in [6.45, 7) is 4.00. The van der Waals surface area contributed by atoms with E-state index in [2.05, 4.69) is 4.72 Å². The summed E-state index contributed by atoms with van der Waals surface area (Å²) in [5, 5.41) is 9.33. The number of aliphatic hydroxyl groups excluding tert-OH is 1. The van der Waals surface area contributed by atoms with Gasteiger partial charge < -0.3 is 5.11 Å². The maximum Gasteiger partial charge on any atom is 0.214 e. The van der Waals surface area contributed by atoms with Gasteiger partial charge in [0.05, 0.1) is 11.9 Å². The highest BCUT2D eigenvalue weighted by molar-refractivity contribution is 7.89. The van der Waals surface area contributed by atoms with E-state index in [0.29, 0.717) is 12.3 Å². The van der Waals surface area contributed by atoms with Crippen molar-refractivity contribution < 1.29 is 13.5 Å².